The van der Waals surface area contributed by atoms with Gasteiger partial charge in [-0.1, -0.05) is 0 Å². The van der Waals surface area contributed by atoms with Crippen molar-refractivity contribution >= 4 is 17.7 Å². The molecular weight excluding hydrogens is 372 g/mol. The second-order valence-corrected chi connectivity index (χ2v) is 9.00. The Morgan fingerprint density at radius 1 is 1.07 bits per heavy atom. The molecule has 0 amide bonds. The van der Waals surface area contributed by atoms with Crippen molar-refractivity contribution in [2.24, 2.45) is 0 Å². The van der Waals surface area contributed by atoms with Crippen molar-refractivity contribution in [2.75, 3.05) is 43.4 Å². The molecular formula is C20H26N6OS. The highest BCUT2D eigenvalue weighted by Gasteiger charge is 2.25. The quantitative estimate of drug-likeness (QED) is 0.756. The Kier molecular flexibility index (Phi) is 5.07. The summed E-state index contributed by atoms with van der Waals surface area (Å²) in [6, 6.07) is 1.79. The van der Waals surface area contributed by atoms with E-state index in [4.69, 9.17) is 0 Å². The van der Waals surface area contributed by atoms with E-state index in [1.165, 1.54) is 18.4 Å². The van der Waals surface area contributed by atoms with Crippen molar-refractivity contribution in [3.05, 3.63) is 45.6 Å². The van der Waals surface area contributed by atoms with E-state index in [1.54, 1.807) is 10.7 Å². The van der Waals surface area contributed by atoms with Crippen molar-refractivity contribution in [1.29, 1.82) is 0 Å². The zero-order chi connectivity index (χ0) is 18.9. The van der Waals surface area contributed by atoms with Gasteiger partial charge in [0.2, 0.25) is 5.95 Å². The van der Waals surface area contributed by atoms with Crippen molar-refractivity contribution < 1.29 is 0 Å². The minimum absolute atomic E-state index is 0.0315. The number of piperazine rings is 1. The van der Waals surface area contributed by atoms with E-state index in [0.717, 1.165) is 67.9 Å². The lowest BCUT2D eigenvalue weighted by molar-refractivity contribution is 0.241. The van der Waals surface area contributed by atoms with E-state index in [2.05, 4.69) is 24.9 Å². The third kappa shape index (κ3) is 3.93. The van der Waals surface area contributed by atoms with Crippen LogP contribution in [0.2, 0.25) is 0 Å². The molecule has 0 aromatic carbocycles. The van der Waals surface area contributed by atoms with Crippen LogP contribution >= 0.6 is 11.8 Å². The molecule has 1 saturated carbocycles. The number of anilines is 1. The lowest BCUT2D eigenvalue weighted by atomic mass is 10.2. The van der Waals surface area contributed by atoms with Gasteiger partial charge in [-0.15, -0.1) is 0 Å². The first-order valence-electron chi connectivity index (χ1n) is 10.2. The van der Waals surface area contributed by atoms with Gasteiger partial charge in [0.05, 0.1) is 12.2 Å². The fourth-order valence-corrected chi connectivity index (χ4v) is 4.89. The number of hydrogen-bond donors (Lipinski definition) is 0. The van der Waals surface area contributed by atoms with Gasteiger partial charge < -0.3 is 4.90 Å². The molecule has 0 spiro atoms. The fourth-order valence-electron chi connectivity index (χ4n) is 3.94. The first-order valence-corrected chi connectivity index (χ1v) is 11.4. The Morgan fingerprint density at radius 2 is 1.86 bits per heavy atom. The second kappa shape index (κ2) is 7.83. The van der Waals surface area contributed by atoms with Crippen molar-refractivity contribution in [3.8, 4) is 0 Å². The number of aryl methyl sites for hydroxylation is 1. The summed E-state index contributed by atoms with van der Waals surface area (Å²) in [5.41, 5.74) is 3.54. The minimum atomic E-state index is 0.0315. The summed E-state index contributed by atoms with van der Waals surface area (Å²) < 4.78 is 1.65. The number of hydrogen-bond acceptors (Lipinski definition) is 7. The second-order valence-electron chi connectivity index (χ2n) is 7.90. The largest absolute Gasteiger partial charge is 0.338 e. The summed E-state index contributed by atoms with van der Waals surface area (Å²) in [6.45, 7) is 5.29. The van der Waals surface area contributed by atoms with E-state index in [-0.39, 0.29) is 5.56 Å². The third-order valence-corrected chi connectivity index (χ3v) is 6.90. The lowest BCUT2D eigenvalue weighted by Crippen LogP contribution is -2.48. The van der Waals surface area contributed by atoms with Crippen LogP contribution in [-0.4, -0.2) is 63.1 Å². The van der Waals surface area contributed by atoms with Crippen LogP contribution in [0.15, 0.2) is 23.3 Å². The van der Waals surface area contributed by atoms with E-state index >= 15 is 0 Å². The first kappa shape index (κ1) is 18.1. The maximum absolute atomic E-state index is 12.3. The highest BCUT2D eigenvalue weighted by molar-refractivity contribution is 7.98. The van der Waals surface area contributed by atoms with Crippen LogP contribution in [0.1, 0.15) is 35.6 Å². The van der Waals surface area contributed by atoms with Gasteiger partial charge in [0.25, 0.3) is 5.56 Å². The molecule has 0 N–H and O–H groups in total. The average Bonchev–Trinajstić information content (AvgIpc) is 3.58. The Morgan fingerprint density at radius 3 is 2.61 bits per heavy atom. The number of nitrogens with zero attached hydrogens (tertiary/aromatic N) is 6. The summed E-state index contributed by atoms with van der Waals surface area (Å²) >= 11 is 1.88. The predicted octanol–water partition coefficient (Wildman–Crippen LogP) is 1.52. The van der Waals surface area contributed by atoms with Crippen LogP contribution in [0.25, 0.3) is 0 Å². The molecule has 2 fully saturated rings. The van der Waals surface area contributed by atoms with E-state index in [0.29, 0.717) is 12.5 Å². The van der Waals surface area contributed by atoms with Crippen LogP contribution < -0.4 is 10.5 Å². The van der Waals surface area contributed by atoms with Crippen LogP contribution in [0.3, 0.4) is 0 Å². The molecule has 1 saturated heterocycles. The number of fused-ring (bicyclic) bond motifs is 1. The zero-order valence-electron chi connectivity index (χ0n) is 16.1. The smallest absolute Gasteiger partial charge is 0.267 e. The molecule has 0 bridgehead atoms. The monoisotopic (exact) mass is 398 g/mol. The molecule has 0 radical (unpaired) electrons. The predicted molar refractivity (Wildman–Crippen MR) is 111 cm³/mol. The van der Waals surface area contributed by atoms with Gasteiger partial charge in [0.1, 0.15) is 0 Å². The van der Waals surface area contributed by atoms with Gasteiger partial charge in [0.15, 0.2) is 0 Å². The Hall–Kier alpha value is -1.93. The normalized spacial score (nSPS) is 20.2. The van der Waals surface area contributed by atoms with E-state index < -0.39 is 0 Å². The third-order valence-electron chi connectivity index (χ3n) is 5.90. The molecule has 2 aromatic rings. The SMILES string of the molecule is O=c1cc2c(nn1CCN1CCN(c3ncc(C4CC4)cn3)CC1)CCSC2. The summed E-state index contributed by atoms with van der Waals surface area (Å²) in [6.07, 6.45) is 7.53. The topological polar surface area (TPSA) is 67.2 Å². The molecule has 1 aliphatic carbocycles. The molecule has 2 aliphatic heterocycles. The standard InChI is InChI=1S/C20H26N6OS/c27-19-11-16-14-28-10-3-18(16)23-26(19)9-6-24-4-7-25(8-5-24)20-21-12-17(13-22-20)15-1-2-15/h11-13,15H,1-10,14H2. The van der Waals surface area contributed by atoms with E-state index in [9.17, 15) is 4.79 Å². The molecule has 148 valence electrons. The molecule has 8 heteroatoms. The van der Waals surface area contributed by atoms with Crippen LogP contribution in [0.5, 0.6) is 0 Å². The molecule has 0 atom stereocenters. The van der Waals surface area contributed by atoms with E-state index in [1.807, 2.05) is 24.2 Å². The van der Waals surface area contributed by atoms with Crippen LogP contribution in [0, 0.1) is 0 Å². The average molecular weight is 399 g/mol. The van der Waals surface area contributed by atoms with Crippen molar-refractivity contribution in [3.63, 3.8) is 0 Å². The van der Waals surface area contributed by atoms with Gasteiger partial charge in [-0.3, -0.25) is 9.69 Å². The van der Waals surface area contributed by atoms with Crippen molar-refractivity contribution in [2.45, 2.75) is 37.5 Å². The molecule has 2 aromatic heterocycles. The maximum Gasteiger partial charge on any atom is 0.267 e. The van der Waals surface area contributed by atoms with Crippen LogP contribution in [0.4, 0.5) is 5.95 Å². The van der Waals surface area contributed by atoms with Crippen molar-refractivity contribution in [1.82, 2.24) is 24.6 Å². The summed E-state index contributed by atoms with van der Waals surface area (Å²) in [7, 11) is 0. The number of thioether (sulfide) groups is 1. The Balaban J connectivity index is 1.15. The lowest BCUT2D eigenvalue weighted by Gasteiger charge is -2.34. The van der Waals surface area contributed by atoms with Crippen LogP contribution in [-0.2, 0) is 18.7 Å². The first-order chi connectivity index (χ1) is 13.8. The molecule has 28 heavy (non-hydrogen) atoms. The van der Waals surface area contributed by atoms with Gasteiger partial charge in [-0.25, -0.2) is 14.6 Å². The molecule has 5 rings (SSSR count). The maximum atomic E-state index is 12.3. The summed E-state index contributed by atoms with van der Waals surface area (Å²) in [5, 5.41) is 4.62. The Labute approximate surface area is 169 Å². The van der Waals surface area contributed by atoms with Gasteiger partial charge in [0, 0.05) is 63.4 Å². The fraction of sp³-hybridized carbons (Fsp3) is 0.600. The summed E-state index contributed by atoms with van der Waals surface area (Å²) in [4.78, 5) is 26.1. The zero-order valence-corrected chi connectivity index (χ0v) is 16.9. The number of rotatable bonds is 5. The molecule has 4 heterocycles. The number of aromatic nitrogens is 4. The van der Waals surface area contributed by atoms with Gasteiger partial charge >= 0.3 is 0 Å². The van der Waals surface area contributed by atoms with Gasteiger partial charge in [-0.2, -0.15) is 16.9 Å². The Bertz CT molecular complexity index is 887. The molecule has 7 nitrogen and oxygen atoms in total. The highest BCUT2D eigenvalue weighted by Crippen LogP contribution is 2.39. The molecule has 0 unspecified atom stereocenters. The molecule has 3 aliphatic rings. The highest BCUT2D eigenvalue weighted by atomic mass is 32.2. The van der Waals surface area contributed by atoms with Gasteiger partial charge in [-0.05, 0) is 35.6 Å². The summed E-state index contributed by atoms with van der Waals surface area (Å²) in [5.74, 6) is 3.56. The minimum Gasteiger partial charge on any atom is -0.338 e.